The molecule has 0 aliphatic carbocycles. The van der Waals surface area contributed by atoms with Crippen LogP contribution in [0.4, 0.5) is 10.2 Å². The number of carbonyl (C=O) groups is 1. The van der Waals surface area contributed by atoms with Crippen molar-refractivity contribution in [1.29, 1.82) is 0 Å². The Bertz CT molecular complexity index is 966. The predicted molar refractivity (Wildman–Crippen MR) is 91.6 cm³/mol. The molecule has 0 radical (unpaired) electrons. The van der Waals surface area contributed by atoms with Crippen molar-refractivity contribution in [1.82, 2.24) is 19.5 Å². The lowest BCUT2D eigenvalue weighted by Gasteiger charge is -2.15. The zero-order chi connectivity index (χ0) is 19.0. The molecule has 9 nitrogen and oxygen atoms in total. The predicted octanol–water partition coefficient (Wildman–Crippen LogP) is 0.667. The molecule has 3 heterocycles. The Morgan fingerprint density at radius 1 is 1.26 bits per heavy atom. The number of hydrogen-bond acceptors (Lipinski definition) is 7. The summed E-state index contributed by atoms with van der Waals surface area (Å²) in [4.78, 5) is 24.6. The van der Waals surface area contributed by atoms with Gasteiger partial charge in [-0.25, -0.2) is 19.3 Å². The Kier molecular flexibility index (Phi) is 4.52. The lowest BCUT2D eigenvalue weighted by molar-refractivity contribution is -0.0459. The van der Waals surface area contributed by atoms with Crippen LogP contribution in [-0.2, 0) is 4.74 Å². The summed E-state index contributed by atoms with van der Waals surface area (Å²) in [5, 5.41) is 21.7. The molecule has 0 unspecified atom stereocenters. The number of benzene rings is 1. The number of aliphatic hydroxyl groups is 2. The smallest absolute Gasteiger partial charge is 0.256 e. The Hall–Kier alpha value is -2.95. The molecule has 3 N–H and O–H groups in total. The van der Waals surface area contributed by atoms with E-state index in [2.05, 4.69) is 20.3 Å². The van der Waals surface area contributed by atoms with Crippen molar-refractivity contribution < 1.29 is 24.1 Å². The van der Waals surface area contributed by atoms with Crippen molar-refractivity contribution >= 4 is 22.9 Å². The highest BCUT2D eigenvalue weighted by Gasteiger charge is 2.45. The number of rotatable bonds is 4. The highest BCUT2D eigenvalue weighted by Crippen LogP contribution is 2.34. The zero-order valence-corrected chi connectivity index (χ0v) is 13.9. The number of anilines is 1. The van der Waals surface area contributed by atoms with Crippen molar-refractivity contribution in [2.75, 3.05) is 11.9 Å². The third-order valence-electron chi connectivity index (χ3n) is 4.37. The number of nitrogens with zero attached hydrogens (tertiary/aromatic N) is 4. The summed E-state index contributed by atoms with van der Waals surface area (Å²) in [5.74, 6) is -0.207. The summed E-state index contributed by atoms with van der Waals surface area (Å²) < 4.78 is 21.1. The topological polar surface area (TPSA) is 122 Å². The number of imidazole rings is 1. The molecule has 1 aliphatic rings. The Labute approximate surface area is 152 Å². The molecule has 0 saturated carbocycles. The second-order valence-electron chi connectivity index (χ2n) is 6.05. The summed E-state index contributed by atoms with van der Waals surface area (Å²) in [6, 6.07) is 8.58. The van der Waals surface area contributed by atoms with Gasteiger partial charge in [-0.3, -0.25) is 9.36 Å². The Morgan fingerprint density at radius 2 is 2.04 bits per heavy atom. The molecule has 140 valence electrons. The SMILES string of the molecule is O=C(Nc1ncnc2c1ncn2[C@@H]1O[C@H](CO)[C@@H](O)[C@@H]1F)c1ccccc1. The van der Waals surface area contributed by atoms with Gasteiger partial charge in [-0.15, -0.1) is 0 Å². The molecule has 4 atom stereocenters. The number of fused-ring (bicyclic) bond motifs is 1. The molecule has 1 aromatic carbocycles. The largest absolute Gasteiger partial charge is 0.394 e. The van der Waals surface area contributed by atoms with Crippen molar-refractivity contribution in [2.24, 2.45) is 0 Å². The maximum atomic E-state index is 14.4. The lowest BCUT2D eigenvalue weighted by Crippen LogP contribution is -2.30. The molecule has 0 bridgehead atoms. The minimum atomic E-state index is -1.77. The summed E-state index contributed by atoms with van der Waals surface area (Å²) in [6.07, 6.45) is -2.96. The number of aromatic nitrogens is 4. The number of carbonyl (C=O) groups excluding carboxylic acids is 1. The van der Waals surface area contributed by atoms with Gasteiger partial charge in [0, 0.05) is 5.56 Å². The van der Waals surface area contributed by atoms with Crippen LogP contribution in [0.5, 0.6) is 0 Å². The first kappa shape index (κ1) is 17.5. The number of ether oxygens (including phenoxy) is 1. The first-order chi connectivity index (χ1) is 13.1. The fraction of sp³-hybridized carbons (Fsp3) is 0.294. The molecule has 3 aromatic rings. The molecule has 1 amide bonds. The summed E-state index contributed by atoms with van der Waals surface area (Å²) in [6.45, 7) is -0.516. The van der Waals surface area contributed by atoms with Gasteiger partial charge < -0.3 is 20.3 Å². The highest BCUT2D eigenvalue weighted by molar-refractivity contribution is 6.06. The van der Waals surface area contributed by atoms with E-state index in [1.54, 1.807) is 30.3 Å². The number of alkyl halides is 1. The standard InChI is InChI=1S/C17H16FN5O4/c18-11-13(25)10(6-24)27-17(11)23-8-21-12-14(19-7-20-15(12)23)22-16(26)9-4-2-1-3-5-9/h1-5,7-8,10-11,13,17,24-25H,6H2,(H,19,20,22,26)/t10-,11+,13-,17-/m1/s1. The molecular weight excluding hydrogens is 357 g/mol. The van der Waals surface area contributed by atoms with Gasteiger partial charge in [0.15, 0.2) is 29.4 Å². The lowest BCUT2D eigenvalue weighted by atomic mass is 10.1. The van der Waals surface area contributed by atoms with Crippen molar-refractivity contribution in [3.63, 3.8) is 0 Å². The van der Waals surface area contributed by atoms with Crippen LogP contribution in [-0.4, -0.2) is 60.6 Å². The molecule has 4 rings (SSSR count). The normalized spacial score (nSPS) is 25.0. The minimum Gasteiger partial charge on any atom is -0.394 e. The molecule has 0 spiro atoms. The van der Waals surface area contributed by atoms with E-state index in [0.29, 0.717) is 5.56 Å². The first-order valence-corrected chi connectivity index (χ1v) is 8.22. The highest BCUT2D eigenvalue weighted by atomic mass is 19.1. The number of amides is 1. The van der Waals surface area contributed by atoms with Gasteiger partial charge in [0.1, 0.15) is 18.5 Å². The fourth-order valence-electron chi connectivity index (χ4n) is 2.98. The van der Waals surface area contributed by atoms with Gasteiger partial charge in [-0.2, -0.15) is 0 Å². The number of aliphatic hydroxyl groups excluding tert-OH is 2. The zero-order valence-electron chi connectivity index (χ0n) is 13.9. The second-order valence-corrected chi connectivity index (χ2v) is 6.05. The average molecular weight is 373 g/mol. The third-order valence-corrected chi connectivity index (χ3v) is 4.37. The minimum absolute atomic E-state index is 0.167. The van der Waals surface area contributed by atoms with Gasteiger partial charge in [0.2, 0.25) is 0 Å². The van der Waals surface area contributed by atoms with Crippen LogP contribution in [0.1, 0.15) is 16.6 Å². The van der Waals surface area contributed by atoms with Crippen LogP contribution in [0, 0.1) is 0 Å². The van der Waals surface area contributed by atoms with E-state index in [4.69, 9.17) is 4.74 Å². The number of nitrogens with one attached hydrogen (secondary N) is 1. The van der Waals surface area contributed by atoms with Crippen molar-refractivity contribution in [3.8, 4) is 0 Å². The van der Waals surface area contributed by atoms with Crippen LogP contribution < -0.4 is 5.32 Å². The van der Waals surface area contributed by atoms with E-state index in [9.17, 15) is 19.4 Å². The van der Waals surface area contributed by atoms with Gasteiger partial charge in [-0.05, 0) is 12.1 Å². The van der Waals surface area contributed by atoms with Crippen LogP contribution in [0.3, 0.4) is 0 Å². The monoisotopic (exact) mass is 373 g/mol. The maximum Gasteiger partial charge on any atom is 0.256 e. The van der Waals surface area contributed by atoms with Crippen LogP contribution in [0.25, 0.3) is 11.2 Å². The molecule has 1 saturated heterocycles. The van der Waals surface area contributed by atoms with Crippen molar-refractivity contribution in [2.45, 2.75) is 24.6 Å². The number of hydrogen-bond donors (Lipinski definition) is 3. The van der Waals surface area contributed by atoms with Gasteiger partial charge in [0.05, 0.1) is 12.9 Å². The third kappa shape index (κ3) is 3.03. The number of halogens is 1. The average Bonchev–Trinajstić information content (AvgIpc) is 3.25. The maximum absolute atomic E-state index is 14.4. The molecule has 1 fully saturated rings. The molecule has 10 heteroatoms. The van der Waals surface area contributed by atoms with E-state index in [0.717, 1.165) is 0 Å². The van der Waals surface area contributed by atoms with E-state index in [-0.39, 0.29) is 22.9 Å². The quantitative estimate of drug-likeness (QED) is 0.614. The van der Waals surface area contributed by atoms with Gasteiger partial charge in [-0.1, -0.05) is 18.2 Å². The molecule has 27 heavy (non-hydrogen) atoms. The van der Waals surface area contributed by atoms with Gasteiger partial charge in [0.25, 0.3) is 5.91 Å². The summed E-state index contributed by atoms with van der Waals surface area (Å²) in [5.41, 5.74) is 0.923. The summed E-state index contributed by atoms with van der Waals surface area (Å²) >= 11 is 0. The Balaban J connectivity index is 1.65. The fourth-order valence-corrected chi connectivity index (χ4v) is 2.98. The van der Waals surface area contributed by atoms with Crippen molar-refractivity contribution in [3.05, 3.63) is 48.5 Å². The Morgan fingerprint density at radius 3 is 2.74 bits per heavy atom. The molecule has 1 aliphatic heterocycles. The first-order valence-electron chi connectivity index (χ1n) is 8.22. The summed E-state index contributed by atoms with van der Waals surface area (Å²) in [7, 11) is 0. The van der Waals surface area contributed by atoms with Crippen LogP contribution >= 0.6 is 0 Å². The van der Waals surface area contributed by atoms with Gasteiger partial charge >= 0.3 is 0 Å². The van der Waals surface area contributed by atoms with E-state index < -0.39 is 31.2 Å². The van der Waals surface area contributed by atoms with E-state index in [1.165, 1.54) is 17.2 Å². The second kappa shape index (κ2) is 6.99. The van der Waals surface area contributed by atoms with Crippen LogP contribution in [0.15, 0.2) is 43.0 Å². The van der Waals surface area contributed by atoms with E-state index >= 15 is 0 Å². The van der Waals surface area contributed by atoms with Crippen LogP contribution in [0.2, 0.25) is 0 Å². The molecular formula is C17H16FN5O4. The van der Waals surface area contributed by atoms with E-state index in [1.807, 2.05) is 0 Å². The molecule has 2 aromatic heterocycles.